The van der Waals surface area contributed by atoms with E-state index in [4.69, 9.17) is 16.3 Å². The first-order chi connectivity index (χ1) is 17.0. The number of carbonyl (C=O) groups is 1. The first-order valence-corrected chi connectivity index (χ1v) is 12.2. The zero-order valence-corrected chi connectivity index (χ0v) is 21.4. The Hall–Kier alpha value is -3.41. The maximum Gasteiger partial charge on any atom is 0.250 e. The molecule has 0 saturated heterocycles. The number of phenolic OH excluding ortho intramolecular Hbond substituents is 1. The number of thioether (sulfide) groups is 1. The van der Waals surface area contributed by atoms with Gasteiger partial charge in [0.1, 0.15) is 0 Å². The van der Waals surface area contributed by atoms with Crippen LogP contribution >= 0.6 is 39.3 Å². The number of pyridine rings is 1. The monoisotopic (exact) mass is 572 g/mol. The van der Waals surface area contributed by atoms with Crippen LogP contribution in [0.5, 0.6) is 11.5 Å². The minimum absolute atomic E-state index is 0.0129. The molecule has 0 aliphatic rings. The number of halogens is 2. The zero-order chi connectivity index (χ0) is 24.8. The van der Waals surface area contributed by atoms with Crippen molar-refractivity contribution in [1.29, 1.82) is 0 Å². The van der Waals surface area contributed by atoms with Gasteiger partial charge >= 0.3 is 0 Å². The Labute approximate surface area is 218 Å². The van der Waals surface area contributed by atoms with E-state index < -0.39 is 0 Å². The van der Waals surface area contributed by atoms with Crippen molar-refractivity contribution in [3.8, 4) is 28.6 Å². The summed E-state index contributed by atoms with van der Waals surface area (Å²) >= 11 is 10.5. The lowest BCUT2D eigenvalue weighted by atomic mass is 10.2. The number of aromatic nitrogens is 4. The summed E-state index contributed by atoms with van der Waals surface area (Å²) in [5.74, 6) is 0.618. The molecule has 2 N–H and O–H groups in total. The Balaban J connectivity index is 1.48. The largest absolute Gasteiger partial charge is 0.503 e. The molecule has 1 amide bonds. The molecule has 0 unspecified atom stereocenters. The van der Waals surface area contributed by atoms with Crippen LogP contribution in [-0.2, 0) is 4.79 Å². The van der Waals surface area contributed by atoms with Crippen LogP contribution in [0, 0.1) is 0 Å². The molecule has 0 aliphatic heterocycles. The smallest absolute Gasteiger partial charge is 0.250 e. The lowest BCUT2D eigenvalue weighted by molar-refractivity contribution is -0.118. The summed E-state index contributed by atoms with van der Waals surface area (Å²) in [4.78, 5) is 16.5. The molecule has 0 aliphatic carbocycles. The van der Waals surface area contributed by atoms with Gasteiger partial charge in [-0.2, -0.15) is 5.10 Å². The number of hydrogen-bond acceptors (Lipinski definition) is 8. The van der Waals surface area contributed by atoms with Crippen molar-refractivity contribution in [2.24, 2.45) is 5.10 Å². The number of amides is 1. The topological polar surface area (TPSA) is 115 Å². The molecule has 4 rings (SSSR count). The Kier molecular flexibility index (Phi) is 8.01. The third-order valence-electron chi connectivity index (χ3n) is 4.66. The van der Waals surface area contributed by atoms with Crippen LogP contribution in [0.3, 0.4) is 0 Å². The molecule has 0 radical (unpaired) electrons. The van der Waals surface area contributed by atoms with Crippen LogP contribution in [0.15, 0.2) is 75.7 Å². The van der Waals surface area contributed by atoms with Gasteiger partial charge in [0.25, 0.3) is 5.91 Å². The fourth-order valence-corrected chi connectivity index (χ4v) is 4.37. The highest BCUT2D eigenvalue weighted by atomic mass is 79.9. The Morgan fingerprint density at radius 1 is 1.23 bits per heavy atom. The van der Waals surface area contributed by atoms with Gasteiger partial charge in [-0.25, -0.2) is 5.43 Å². The summed E-state index contributed by atoms with van der Waals surface area (Å²) < 4.78 is 7.42. The third-order valence-corrected chi connectivity index (χ3v) is 6.45. The SMILES string of the molecule is COc1cc(C=NNC(=O)CSc2nnc(-c3ccncc3)n2-c2ccc(Cl)cc2)cc(Br)c1O. The Morgan fingerprint density at radius 2 is 1.97 bits per heavy atom. The van der Waals surface area contributed by atoms with E-state index in [1.165, 1.54) is 25.1 Å². The van der Waals surface area contributed by atoms with Gasteiger partial charge in [0.15, 0.2) is 22.5 Å². The van der Waals surface area contributed by atoms with Gasteiger partial charge < -0.3 is 9.84 Å². The molecule has 2 aromatic heterocycles. The molecule has 0 spiro atoms. The highest BCUT2D eigenvalue weighted by Gasteiger charge is 2.17. The van der Waals surface area contributed by atoms with Crippen LogP contribution in [0.1, 0.15) is 5.56 Å². The van der Waals surface area contributed by atoms with E-state index in [0.29, 0.717) is 26.0 Å². The predicted octanol–water partition coefficient (Wildman–Crippen LogP) is 4.70. The van der Waals surface area contributed by atoms with E-state index >= 15 is 0 Å². The van der Waals surface area contributed by atoms with E-state index in [1.807, 2.05) is 28.8 Å². The third kappa shape index (κ3) is 5.99. The number of benzene rings is 2. The first kappa shape index (κ1) is 24.7. The van der Waals surface area contributed by atoms with Gasteiger partial charge in [-0.3, -0.25) is 14.3 Å². The number of hydrogen-bond donors (Lipinski definition) is 2. The lowest BCUT2D eigenvalue weighted by Crippen LogP contribution is -2.20. The molecule has 178 valence electrons. The number of carbonyl (C=O) groups excluding carboxylic acids is 1. The number of phenols is 1. The Morgan fingerprint density at radius 3 is 2.69 bits per heavy atom. The average molecular weight is 574 g/mol. The maximum atomic E-state index is 12.4. The maximum absolute atomic E-state index is 12.4. The van der Waals surface area contributed by atoms with Gasteiger partial charge in [0.05, 0.1) is 23.5 Å². The number of rotatable bonds is 8. The van der Waals surface area contributed by atoms with Crippen molar-refractivity contribution >= 4 is 51.4 Å². The van der Waals surface area contributed by atoms with Crippen LogP contribution < -0.4 is 10.2 Å². The van der Waals surface area contributed by atoms with Crippen molar-refractivity contribution in [3.05, 3.63) is 76.0 Å². The summed E-state index contributed by atoms with van der Waals surface area (Å²) in [6.07, 6.45) is 4.81. The fourth-order valence-electron chi connectivity index (χ4n) is 3.04. The normalized spacial score (nSPS) is 11.1. The Bertz CT molecular complexity index is 1370. The van der Waals surface area contributed by atoms with Gasteiger partial charge in [0.2, 0.25) is 0 Å². The molecule has 9 nitrogen and oxygen atoms in total. The fraction of sp³-hybridized carbons (Fsp3) is 0.0870. The van der Waals surface area contributed by atoms with E-state index in [2.05, 4.69) is 41.6 Å². The van der Waals surface area contributed by atoms with Crippen molar-refractivity contribution in [1.82, 2.24) is 25.2 Å². The standard InChI is InChI=1S/C23H18BrClN6O3S/c1-34-19-11-14(10-18(24)21(19)33)12-27-28-20(32)13-35-23-30-29-22(15-6-8-26-9-7-15)31(23)17-4-2-16(25)3-5-17/h2-12,33H,13H2,1H3,(H,28,32). The summed E-state index contributed by atoms with van der Waals surface area (Å²) in [7, 11) is 1.45. The molecular formula is C23H18BrClN6O3S. The molecule has 0 saturated carbocycles. The second kappa shape index (κ2) is 11.3. The number of aromatic hydroxyl groups is 1. The second-order valence-electron chi connectivity index (χ2n) is 6.99. The van der Waals surface area contributed by atoms with Crippen molar-refractivity contribution in [2.75, 3.05) is 12.9 Å². The molecule has 35 heavy (non-hydrogen) atoms. The minimum Gasteiger partial charge on any atom is -0.503 e. The summed E-state index contributed by atoms with van der Waals surface area (Å²) in [6.45, 7) is 0. The summed E-state index contributed by atoms with van der Waals surface area (Å²) in [5, 5.41) is 23.6. The lowest BCUT2D eigenvalue weighted by Gasteiger charge is -2.10. The quantitative estimate of drug-likeness (QED) is 0.178. The van der Waals surface area contributed by atoms with Gasteiger partial charge in [-0.15, -0.1) is 10.2 Å². The number of hydrazone groups is 1. The molecule has 0 fully saturated rings. The highest BCUT2D eigenvalue weighted by Crippen LogP contribution is 2.34. The van der Waals surface area contributed by atoms with Gasteiger partial charge in [-0.05, 0) is 70.0 Å². The van der Waals surface area contributed by atoms with Gasteiger partial charge in [0, 0.05) is 28.7 Å². The summed E-state index contributed by atoms with van der Waals surface area (Å²) in [6, 6.07) is 14.2. The molecule has 2 aromatic carbocycles. The van der Waals surface area contributed by atoms with E-state index in [-0.39, 0.29) is 23.2 Å². The minimum atomic E-state index is -0.327. The average Bonchev–Trinajstić information content (AvgIpc) is 3.29. The van der Waals surface area contributed by atoms with E-state index in [0.717, 1.165) is 11.3 Å². The zero-order valence-electron chi connectivity index (χ0n) is 18.2. The molecule has 2 heterocycles. The molecular weight excluding hydrogens is 556 g/mol. The summed E-state index contributed by atoms with van der Waals surface area (Å²) in [5.41, 5.74) is 4.75. The van der Waals surface area contributed by atoms with Crippen LogP contribution in [0.4, 0.5) is 0 Å². The van der Waals surface area contributed by atoms with Crippen molar-refractivity contribution in [2.45, 2.75) is 5.16 Å². The molecule has 0 atom stereocenters. The number of nitrogens with zero attached hydrogens (tertiary/aromatic N) is 5. The van der Waals surface area contributed by atoms with E-state index in [1.54, 1.807) is 36.7 Å². The number of methoxy groups -OCH3 is 1. The molecule has 12 heteroatoms. The van der Waals surface area contributed by atoms with Crippen LogP contribution in [-0.4, -0.2) is 49.8 Å². The van der Waals surface area contributed by atoms with Crippen molar-refractivity contribution < 1.29 is 14.6 Å². The number of nitrogens with one attached hydrogen (secondary N) is 1. The van der Waals surface area contributed by atoms with Crippen LogP contribution in [0.25, 0.3) is 17.1 Å². The van der Waals surface area contributed by atoms with E-state index in [9.17, 15) is 9.90 Å². The first-order valence-electron chi connectivity index (χ1n) is 10.1. The highest BCUT2D eigenvalue weighted by molar-refractivity contribution is 9.10. The van der Waals surface area contributed by atoms with Crippen molar-refractivity contribution in [3.63, 3.8) is 0 Å². The predicted molar refractivity (Wildman–Crippen MR) is 138 cm³/mol. The molecule has 4 aromatic rings. The van der Waals surface area contributed by atoms with Gasteiger partial charge in [-0.1, -0.05) is 23.4 Å². The number of ether oxygens (including phenoxy) is 1. The molecule has 0 bridgehead atoms. The second-order valence-corrected chi connectivity index (χ2v) is 9.22. The van der Waals surface area contributed by atoms with Crippen LogP contribution in [0.2, 0.25) is 5.02 Å².